The Labute approximate surface area is 153 Å². The molecule has 7 heteroatoms. The molecule has 0 aromatic carbocycles. The summed E-state index contributed by atoms with van der Waals surface area (Å²) in [5.41, 5.74) is 17.0. The van der Waals surface area contributed by atoms with Crippen LogP contribution in [0.15, 0.2) is 0 Å². The van der Waals surface area contributed by atoms with Crippen molar-refractivity contribution in [1.29, 1.82) is 0 Å². The van der Waals surface area contributed by atoms with Crippen LogP contribution in [0.2, 0.25) is 0 Å². The van der Waals surface area contributed by atoms with Crippen LogP contribution in [0.3, 0.4) is 0 Å². The Bertz CT molecular complexity index is 301. The van der Waals surface area contributed by atoms with Gasteiger partial charge in [-0.15, -0.1) is 0 Å². The lowest BCUT2D eigenvalue weighted by molar-refractivity contribution is -0.0908. The fraction of sp³-hybridized carbons (Fsp3) is 1.00. The molecule has 0 bridgehead atoms. The third-order valence-electron chi connectivity index (χ3n) is 3.73. The average Bonchev–Trinajstić information content (AvgIpc) is 2.51. The normalized spacial score (nSPS) is 19.2. The summed E-state index contributed by atoms with van der Waals surface area (Å²) in [5, 5.41) is 0. The molecule has 0 heterocycles. The molecule has 0 aliphatic heterocycles. The molecule has 152 valence electrons. The minimum absolute atomic E-state index is 0.00415. The Morgan fingerprint density at radius 3 is 1.44 bits per heavy atom. The summed E-state index contributed by atoms with van der Waals surface area (Å²) in [6.07, 6.45) is 0.871. The topological polar surface area (TPSA) is 115 Å². The molecule has 4 atom stereocenters. The van der Waals surface area contributed by atoms with Crippen LogP contribution in [0, 0.1) is 5.41 Å². The second-order valence-electron chi connectivity index (χ2n) is 7.47. The van der Waals surface area contributed by atoms with Crippen molar-refractivity contribution in [2.24, 2.45) is 22.6 Å². The van der Waals surface area contributed by atoms with E-state index in [1.54, 1.807) is 0 Å². The number of nitrogens with two attached hydrogens (primary N) is 3. The molecule has 6 N–H and O–H groups in total. The van der Waals surface area contributed by atoms with Crippen LogP contribution in [0.5, 0.6) is 0 Å². The summed E-state index contributed by atoms with van der Waals surface area (Å²) >= 11 is 0. The van der Waals surface area contributed by atoms with Crippen LogP contribution in [0.25, 0.3) is 0 Å². The molecular formula is C18H41N3O4. The first-order valence-electron chi connectivity index (χ1n) is 9.32. The van der Waals surface area contributed by atoms with Crippen molar-refractivity contribution in [3.63, 3.8) is 0 Å². The van der Waals surface area contributed by atoms with Crippen LogP contribution < -0.4 is 17.2 Å². The van der Waals surface area contributed by atoms with Gasteiger partial charge in [0.2, 0.25) is 0 Å². The van der Waals surface area contributed by atoms with Gasteiger partial charge >= 0.3 is 0 Å². The SMILES string of the molecule is CCC(COCC(C)N)(COCC(C)N)COCC(C)OCC(C)N. The Balaban J connectivity index is 4.47. The summed E-state index contributed by atoms with van der Waals surface area (Å²) in [4.78, 5) is 0. The van der Waals surface area contributed by atoms with Gasteiger partial charge < -0.3 is 36.1 Å². The molecule has 0 saturated carbocycles. The van der Waals surface area contributed by atoms with E-state index in [0.717, 1.165) is 6.42 Å². The lowest BCUT2D eigenvalue weighted by Gasteiger charge is -2.33. The fourth-order valence-corrected chi connectivity index (χ4v) is 2.16. The van der Waals surface area contributed by atoms with Crippen molar-refractivity contribution < 1.29 is 18.9 Å². The zero-order valence-electron chi connectivity index (χ0n) is 16.8. The molecule has 4 unspecified atom stereocenters. The van der Waals surface area contributed by atoms with E-state index < -0.39 is 0 Å². The second-order valence-corrected chi connectivity index (χ2v) is 7.47. The van der Waals surface area contributed by atoms with Crippen molar-refractivity contribution in [2.45, 2.75) is 65.3 Å². The first-order chi connectivity index (χ1) is 11.7. The van der Waals surface area contributed by atoms with Gasteiger partial charge in [0, 0.05) is 23.5 Å². The molecule has 0 aliphatic rings. The molecule has 0 radical (unpaired) electrons. The summed E-state index contributed by atoms with van der Waals surface area (Å²) in [6.45, 7) is 13.5. The van der Waals surface area contributed by atoms with E-state index in [1.165, 1.54) is 0 Å². The van der Waals surface area contributed by atoms with Crippen molar-refractivity contribution in [1.82, 2.24) is 0 Å². The van der Waals surface area contributed by atoms with Gasteiger partial charge in [-0.25, -0.2) is 0 Å². The van der Waals surface area contributed by atoms with Gasteiger partial charge in [0.05, 0.1) is 52.4 Å². The number of ether oxygens (including phenoxy) is 4. The molecule has 0 amide bonds. The highest BCUT2D eigenvalue weighted by Gasteiger charge is 2.30. The van der Waals surface area contributed by atoms with Crippen LogP contribution in [-0.4, -0.2) is 70.5 Å². The van der Waals surface area contributed by atoms with Crippen LogP contribution in [0.1, 0.15) is 41.0 Å². The lowest BCUT2D eigenvalue weighted by atomic mass is 9.88. The first-order valence-corrected chi connectivity index (χ1v) is 9.32. The van der Waals surface area contributed by atoms with E-state index in [-0.39, 0.29) is 29.6 Å². The van der Waals surface area contributed by atoms with E-state index in [1.807, 2.05) is 27.7 Å². The zero-order chi connectivity index (χ0) is 19.3. The number of rotatable bonds is 16. The summed E-state index contributed by atoms with van der Waals surface area (Å²) in [7, 11) is 0. The maximum Gasteiger partial charge on any atom is 0.0781 e. The molecule has 0 spiro atoms. The van der Waals surface area contributed by atoms with E-state index in [4.69, 9.17) is 36.1 Å². The largest absolute Gasteiger partial charge is 0.379 e. The van der Waals surface area contributed by atoms with Gasteiger partial charge in [0.15, 0.2) is 0 Å². The smallest absolute Gasteiger partial charge is 0.0781 e. The first kappa shape index (κ1) is 24.7. The standard InChI is InChI=1S/C18H41N3O4/c1-6-18(11-22-7-14(2)19,12-23-8-15(3)20)13-24-10-17(5)25-9-16(4)21/h14-17H,6-13,19-21H2,1-5H3. The molecular weight excluding hydrogens is 322 g/mol. The molecule has 25 heavy (non-hydrogen) atoms. The highest BCUT2D eigenvalue weighted by atomic mass is 16.5. The monoisotopic (exact) mass is 363 g/mol. The highest BCUT2D eigenvalue weighted by Crippen LogP contribution is 2.24. The molecule has 0 aromatic rings. The Morgan fingerprint density at radius 1 is 0.680 bits per heavy atom. The number of hydrogen-bond acceptors (Lipinski definition) is 7. The van der Waals surface area contributed by atoms with Crippen molar-refractivity contribution >= 4 is 0 Å². The molecule has 0 saturated heterocycles. The second kappa shape index (κ2) is 13.9. The quantitative estimate of drug-likeness (QED) is 0.373. The molecule has 7 nitrogen and oxygen atoms in total. The maximum atomic E-state index is 5.91. The van der Waals surface area contributed by atoms with Gasteiger partial charge in [0.25, 0.3) is 0 Å². The summed E-state index contributed by atoms with van der Waals surface area (Å²) in [5.74, 6) is 0. The van der Waals surface area contributed by atoms with Crippen molar-refractivity contribution in [3.8, 4) is 0 Å². The summed E-state index contributed by atoms with van der Waals surface area (Å²) in [6, 6.07) is 0.0368. The minimum Gasteiger partial charge on any atom is -0.379 e. The average molecular weight is 364 g/mol. The maximum absolute atomic E-state index is 5.91. The fourth-order valence-electron chi connectivity index (χ4n) is 2.16. The van der Waals surface area contributed by atoms with Crippen LogP contribution >= 0.6 is 0 Å². The predicted molar refractivity (Wildman–Crippen MR) is 102 cm³/mol. The predicted octanol–water partition coefficient (Wildman–Crippen LogP) is 0.879. The van der Waals surface area contributed by atoms with Crippen LogP contribution in [-0.2, 0) is 18.9 Å². The zero-order valence-corrected chi connectivity index (χ0v) is 16.8. The van der Waals surface area contributed by atoms with Gasteiger partial charge in [-0.3, -0.25) is 0 Å². The van der Waals surface area contributed by atoms with E-state index in [2.05, 4.69) is 6.92 Å². The van der Waals surface area contributed by atoms with E-state index >= 15 is 0 Å². The third kappa shape index (κ3) is 13.6. The Morgan fingerprint density at radius 2 is 1.08 bits per heavy atom. The Kier molecular flexibility index (Phi) is 13.7. The lowest BCUT2D eigenvalue weighted by Crippen LogP contribution is -2.40. The summed E-state index contributed by atoms with van der Waals surface area (Å²) < 4.78 is 23.1. The molecule has 0 fully saturated rings. The third-order valence-corrected chi connectivity index (χ3v) is 3.73. The van der Waals surface area contributed by atoms with Gasteiger partial charge in [-0.1, -0.05) is 6.92 Å². The molecule has 0 aliphatic carbocycles. The van der Waals surface area contributed by atoms with Gasteiger partial charge in [-0.05, 0) is 34.1 Å². The van der Waals surface area contributed by atoms with Crippen LogP contribution in [0.4, 0.5) is 0 Å². The van der Waals surface area contributed by atoms with Gasteiger partial charge in [-0.2, -0.15) is 0 Å². The highest BCUT2D eigenvalue weighted by molar-refractivity contribution is 4.78. The Hall–Kier alpha value is -0.280. The number of hydrogen-bond donors (Lipinski definition) is 3. The van der Waals surface area contributed by atoms with Gasteiger partial charge in [0.1, 0.15) is 0 Å². The molecule has 0 rings (SSSR count). The van der Waals surface area contributed by atoms with Crippen molar-refractivity contribution in [2.75, 3.05) is 46.2 Å². The van der Waals surface area contributed by atoms with E-state index in [0.29, 0.717) is 46.2 Å². The van der Waals surface area contributed by atoms with Crippen molar-refractivity contribution in [3.05, 3.63) is 0 Å². The molecule has 0 aromatic heterocycles. The van der Waals surface area contributed by atoms with E-state index in [9.17, 15) is 0 Å². The minimum atomic E-state index is -0.218.